The summed E-state index contributed by atoms with van der Waals surface area (Å²) in [6, 6.07) is 12.7. The summed E-state index contributed by atoms with van der Waals surface area (Å²) < 4.78 is 10.9. The molecular weight excluding hydrogens is 610 g/mol. The zero-order valence-electron chi connectivity index (χ0n) is 27.5. The summed E-state index contributed by atoms with van der Waals surface area (Å²) in [5.41, 5.74) is 1.88. The molecule has 3 amide bonds. The van der Waals surface area contributed by atoms with Crippen LogP contribution in [0, 0.1) is 13.8 Å². The first-order valence-corrected chi connectivity index (χ1v) is 16.2. The first-order chi connectivity index (χ1) is 21.5. The Morgan fingerprint density at radius 3 is 2.22 bits per heavy atom. The number of hydrogen-bond donors (Lipinski definition) is 3. The molecule has 0 radical (unpaired) electrons. The molecule has 11 nitrogen and oxygen atoms in total. The third-order valence-corrected chi connectivity index (χ3v) is 8.76. The second-order valence-corrected chi connectivity index (χ2v) is 14.6. The number of benzene rings is 2. The summed E-state index contributed by atoms with van der Waals surface area (Å²) in [5.74, 6) is -3.00. The van der Waals surface area contributed by atoms with E-state index in [4.69, 9.17) is 14.6 Å². The summed E-state index contributed by atoms with van der Waals surface area (Å²) in [5, 5.41) is 14.9. The molecule has 1 aliphatic heterocycles. The van der Waals surface area contributed by atoms with E-state index < -0.39 is 65.1 Å². The van der Waals surface area contributed by atoms with Gasteiger partial charge in [-0.1, -0.05) is 48.5 Å². The maximum atomic E-state index is 14.4. The molecule has 0 aromatic heterocycles. The zero-order valence-corrected chi connectivity index (χ0v) is 28.4. The molecule has 2 aromatic carbocycles. The van der Waals surface area contributed by atoms with Gasteiger partial charge in [0.15, 0.2) is 6.61 Å². The average Bonchev–Trinajstić information content (AvgIpc) is 3.28. The zero-order chi connectivity index (χ0) is 34.2. The normalized spacial score (nSPS) is 17.0. The highest BCUT2D eigenvalue weighted by Gasteiger charge is 2.51. The lowest BCUT2D eigenvalue weighted by molar-refractivity contribution is -0.165. The molecule has 12 heteroatoms. The average molecular weight is 656 g/mol. The van der Waals surface area contributed by atoms with Gasteiger partial charge in [-0.3, -0.25) is 24.0 Å². The summed E-state index contributed by atoms with van der Waals surface area (Å²) in [7, 11) is 0. The van der Waals surface area contributed by atoms with E-state index in [2.05, 4.69) is 10.6 Å². The number of aliphatic carboxylic acids is 1. The van der Waals surface area contributed by atoms with Crippen LogP contribution in [0.4, 0.5) is 0 Å². The van der Waals surface area contributed by atoms with E-state index in [1.54, 1.807) is 12.1 Å². The van der Waals surface area contributed by atoms with Gasteiger partial charge in [0.1, 0.15) is 11.8 Å². The Kier molecular flexibility index (Phi) is 12.3. The van der Waals surface area contributed by atoms with E-state index in [1.807, 2.05) is 84.9 Å². The third-order valence-electron chi connectivity index (χ3n) is 7.39. The maximum absolute atomic E-state index is 14.4. The highest BCUT2D eigenvalue weighted by molar-refractivity contribution is 8.00. The first-order valence-electron chi connectivity index (χ1n) is 15.2. The molecule has 3 N–H and O–H groups in total. The standard InChI is InChI=1S/C34H45N3O8S/c1-21-12-11-13-22(2)28(21)44-19-25(38)35-24(18-23-14-9-8-10-15-23)29(45-27(41)17-16-26(39)40)32(43)37-20-46-34(6,7)30(37)31(42)36-33(3,4)5/h8-15,24,29-30H,16-20H2,1-7H3,(H,35,38)(H,36,42)(H,39,40)/t24-,29-,30+/m0/s1. The van der Waals surface area contributed by atoms with Crippen molar-refractivity contribution in [1.82, 2.24) is 15.5 Å². The maximum Gasteiger partial charge on any atom is 0.307 e. The Labute approximate surface area is 274 Å². The number of hydrogen-bond acceptors (Lipinski definition) is 8. The van der Waals surface area contributed by atoms with Gasteiger partial charge in [0.05, 0.1) is 24.8 Å². The van der Waals surface area contributed by atoms with Gasteiger partial charge in [0.2, 0.25) is 12.0 Å². The topological polar surface area (TPSA) is 151 Å². The molecule has 250 valence electrons. The van der Waals surface area contributed by atoms with Gasteiger partial charge in [0, 0.05) is 10.3 Å². The number of esters is 1. The first kappa shape index (κ1) is 36.4. The van der Waals surface area contributed by atoms with Crippen LogP contribution in [-0.2, 0) is 35.1 Å². The van der Waals surface area contributed by atoms with E-state index in [0.29, 0.717) is 5.75 Å². The predicted molar refractivity (Wildman–Crippen MR) is 175 cm³/mol. The monoisotopic (exact) mass is 655 g/mol. The lowest BCUT2D eigenvalue weighted by Gasteiger charge is -2.36. The number of carboxylic acid groups (broad SMARTS) is 1. The quantitative estimate of drug-likeness (QED) is 0.274. The number of thioether (sulfide) groups is 1. The number of amides is 3. The van der Waals surface area contributed by atoms with Crippen molar-refractivity contribution in [3.05, 3.63) is 65.2 Å². The van der Waals surface area contributed by atoms with Crippen molar-refractivity contribution in [2.45, 2.75) is 96.2 Å². The predicted octanol–water partition coefficient (Wildman–Crippen LogP) is 3.78. The number of aryl methyl sites for hydroxylation is 2. The van der Waals surface area contributed by atoms with Gasteiger partial charge in [-0.2, -0.15) is 0 Å². The molecule has 0 aliphatic carbocycles. The van der Waals surface area contributed by atoms with Crippen LogP contribution in [0.1, 0.15) is 64.2 Å². The van der Waals surface area contributed by atoms with E-state index in [-0.39, 0.29) is 24.8 Å². The van der Waals surface area contributed by atoms with E-state index in [1.165, 1.54) is 16.7 Å². The Hall–Kier alpha value is -4.06. The second-order valence-electron chi connectivity index (χ2n) is 13.0. The van der Waals surface area contributed by atoms with E-state index >= 15 is 0 Å². The molecule has 1 aliphatic rings. The number of nitrogens with one attached hydrogen (secondary N) is 2. The fraction of sp³-hybridized carbons (Fsp3) is 0.500. The van der Waals surface area contributed by atoms with Crippen molar-refractivity contribution in [2.75, 3.05) is 12.5 Å². The smallest absolute Gasteiger partial charge is 0.307 e. The Morgan fingerprint density at radius 1 is 1.00 bits per heavy atom. The number of carboxylic acids is 1. The van der Waals surface area contributed by atoms with Crippen molar-refractivity contribution in [3.63, 3.8) is 0 Å². The molecule has 2 aromatic rings. The molecule has 0 spiro atoms. The summed E-state index contributed by atoms with van der Waals surface area (Å²) in [6.45, 7) is 12.6. The Morgan fingerprint density at radius 2 is 1.63 bits per heavy atom. The minimum absolute atomic E-state index is 0.0990. The van der Waals surface area contributed by atoms with Crippen molar-refractivity contribution in [1.29, 1.82) is 0 Å². The SMILES string of the molecule is Cc1cccc(C)c1OCC(=O)N[C@@H](Cc1ccccc1)[C@H](OC(=O)CCC(=O)O)C(=O)N1CSC(C)(C)[C@H]1C(=O)NC(C)(C)C. The number of carbonyl (C=O) groups is 5. The van der Waals surface area contributed by atoms with Crippen molar-refractivity contribution < 1.29 is 38.6 Å². The van der Waals surface area contributed by atoms with Crippen LogP contribution in [0.5, 0.6) is 5.75 Å². The fourth-order valence-electron chi connectivity index (χ4n) is 5.24. The van der Waals surface area contributed by atoms with E-state index in [9.17, 15) is 24.0 Å². The van der Waals surface area contributed by atoms with E-state index in [0.717, 1.165) is 16.7 Å². The van der Waals surface area contributed by atoms with Crippen molar-refractivity contribution >= 4 is 41.4 Å². The number of nitrogens with zero attached hydrogens (tertiary/aromatic N) is 1. The molecule has 3 rings (SSSR count). The highest BCUT2D eigenvalue weighted by Crippen LogP contribution is 2.40. The van der Waals surface area contributed by atoms with Crippen molar-refractivity contribution in [3.8, 4) is 5.75 Å². The lowest BCUT2D eigenvalue weighted by Crippen LogP contribution is -2.61. The largest absolute Gasteiger partial charge is 0.483 e. The van der Waals surface area contributed by atoms with Crippen LogP contribution in [-0.4, -0.2) is 80.6 Å². The van der Waals surface area contributed by atoms with Gasteiger partial charge in [-0.05, 0) is 71.6 Å². The molecular formula is C34H45N3O8S. The molecule has 0 unspecified atom stereocenters. The van der Waals surface area contributed by atoms with Crippen molar-refractivity contribution in [2.24, 2.45) is 0 Å². The van der Waals surface area contributed by atoms with Gasteiger partial charge in [-0.25, -0.2) is 0 Å². The fourth-order valence-corrected chi connectivity index (χ4v) is 6.38. The number of rotatable bonds is 13. The van der Waals surface area contributed by atoms with Gasteiger partial charge < -0.3 is 30.1 Å². The van der Waals surface area contributed by atoms with Gasteiger partial charge >= 0.3 is 11.9 Å². The summed E-state index contributed by atoms with van der Waals surface area (Å²) in [4.78, 5) is 66.9. The minimum Gasteiger partial charge on any atom is -0.483 e. The second kappa shape index (κ2) is 15.5. The van der Waals surface area contributed by atoms with Crippen LogP contribution in [0.2, 0.25) is 0 Å². The number of ether oxygens (including phenoxy) is 2. The molecule has 1 heterocycles. The lowest BCUT2D eigenvalue weighted by atomic mass is 9.96. The van der Waals surface area contributed by atoms with Crippen LogP contribution in [0.3, 0.4) is 0 Å². The molecule has 1 saturated heterocycles. The van der Waals surface area contributed by atoms with Crippen LogP contribution in [0.25, 0.3) is 0 Å². The highest BCUT2D eigenvalue weighted by atomic mass is 32.2. The van der Waals surface area contributed by atoms with Gasteiger partial charge in [-0.15, -0.1) is 11.8 Å². The van der Waals surface area contributed by atoms with Crippen LogP contribution >= 0.6 is 11.8 Å². The summed E-state index contributed by atoms with van der Waals surface area (Å²) in [6.07, 6.45) is -2.44. The molecule has 0 saturated carbocycles. The summed E-state index contributed by atoms with van der Waals surface area (Å²) >= 11 is 1.41. The van der Waals surface area contributed by atoms with Crippen LogP contribution < -0.4 is 15.4 Å². The third kappa shape index (κ3) is 10.2. The Balaban J connectivity index is 1.98. The molecule has 3 atom stereocenters. The minimum atomic E-state index is -1.56. The molecule has 1 fully saturated rings. The molecule has 46 heavy (non-hydrogen) atoms. The number of carbonyl (C=O) groups excluding carboxylic acids is 4. The van der Waals surface area contributed by atoms with Crippen LogP contribution in [0.15, 0.2) is 48.5 Å². The number of para-hydroxylation sites is 1. The molecule has 0 bridgehead atoms. The van der Waals surface area contributed by atoms with Gasteiger partial charge in [0.25, 0.3) is 11.8 Å². The Bertz CT molecular complexity index is 1400.